The molecule has 1 aliphatic rings. The maximum atomic E-state index is 11.1. The number of piperazine rings is 1. The molecular weight excluding hydrogens is 424 g/mol. The Labute approximate surface area is 189 Å². The molecule has 10 nitrogen and oxygen atoms in total. The number of anilines is 3. The number of hydrogen-bond acceptors (Lipinski definition) is 9. The van der Waals surface area contributed by atoms with Gasteiger partial charge in [-0.2, -0.15) is 4.98 Å². The molecule has 4 aromatic rings. The van der Waals surface area contributed by atoms with Crippen molar-refractivity contribution in [3.63, 3.8) is 0 Å². The monoisotopic (exact) mass is 446 g/mol. The summed E-state index contributed by atoms with van der Waals surface area (Å²) in [7, 11) is 2.14. The number of aromatic nitrogens is 2. The molecule has 3 heterocycles. The molecule has 0 aliphatic carbocycles. The van der Waals surface area contributed by atoms with Gasteiger partial charge in [-0.05, 0) is 37.4 Å². The second-order valence-corrected chi connectivity index (χ2v) is 7.81. The summed E-state index contributed by atoms with van der Waals surface area (Å²) in [6.07, 6.45) is 1.49. The zero-order valence-corrected chi connectivity index (χ0v) is 18.0. The average Bonchev–Trinajstić information content (AvgIpc) is 3.29. The Kier molecular flexibility index (Phi) is 5.49. The van der Waals surface area contributed by atoms with E-state index in [0.717, 1.165) is 31.9 Å². The molecule has 10 heteroatoms. The van der Waals surface area contributed by atoms with E-state index < -0.39 is 4.92 Å². The van der Waals surface area contributed by atoms with Gasteiger partial charge in [-0.15, -0.1) is 0 Å². The van der Waals surface area contributed by atoms with Crippen molar-refractivity contribution >= 4 is 34.1 Å². The molecule has 2 aromatic heterocycles. The molecule has 5 rings (SSSR count). The number of benzene rings is 2. The highest BCUT2D eigenvalue weighted by Gasteiger charge is 2.16. The van der Waals surface area contributed by atoms with Crippen LogP contribution in [0.1, 0.15) is 0 Å². The number of non-ortho nitro benzene ring substituents is 1. The number of likely N-dealkylation sites (N-methyl/N-ethyl adjacent to an activating group) is 1. The van der Waals surface area contributed by atoms with E-state index in [1.165, 1.54) is 24.1 Å². The van der Waals surface area contributed by atoms with E-state index in [2.05, 4.69) is 44.3 Å². The van der Waals surface area contributed by atoms with Crippen LogP contribution < -0.4 is 15.0 Å². The first-order valence-electron chi connectivity index (χ1n) is 10.5. The van der Waals surface area contributed by atoms with Crippen molar-refractivity contribution in [2.75, 3.05) is 43.4 Å². The number of furan rings is 1. The summed E-state index contributed by atoms with van der Waals surface area (Å²) in [6, 6.07) is 15.7. The van der Waals surface area contributed by atoms with Crippen molar-refractivity contribution in [1.82, 2.24) is 14.9 Å². The predicted octanol–water partition coefficient (Wildman–Crippen LogP) is 4.42. The van der Waals surface area contributed by atoms with Gasteiger partial charge in [-0.25, -0.2) is 4.98 Å². The van der Waals surface area contributed by atoms with Crippen LogP contribution >= 0.6 is 0 Å². The van der Waals surface area contributed by atoms with Crippen molar-refractivity contribution in [3.8, 4) is 11.6 Å². The largest absolute Gasteiger partial charge is 0.457 e. The molecule has 0 unspecified atom stereocenters. The predicted molar refractivity (Wildman–Crippen MR) is 124 cm³/mol. The van der Waals surface area contributed by atoms with E-state index in [0.29, 0.717) is 17.0 Å². The van der Waals surface area contributed by atoms with Gasteiger partial charge in [0.2, 0.25) is 11.5 Å². The van der Waals surface area contributed by atoms with Crippen molar-refractivity contribution in [2.45, 2.75) is 0 Å². The zero-order chi connectivity index (χ0) is 22.8. The van der Waals surface area contributed by atoms with Gasteiger partial charge in [0.1, 0.15) is 11.3 Å². The van der Waals surface area contributed by atoms with Gasteiger partial charge in [0.15, 0.2) is 0 Å². The van der Waals surface area contributed by atoms with E-state index in [1.807, 2.05) is 12.1 Å². The van der Waals surface area contributed by atoms with Crippen LogP contribution in [0.2, 0.25) is 0 Å². The van der Waals surface area contributed by atoms with Gasteiger partial charge in [0, 0.05) is 49.7 Å². The third-order valence-electron chi connectivity index (χ3n) is 5.51. The molecule has 0 saturated carbocycles. The minimum Gasteiger partial charge on any atom is -0.457 e. The number of nitrogens with zero attached hydrogens (tertiary/aromatic N) is 5. The lowest BCUT2D eigenvalue weighted by Gasteiger charge is -2.34. The van der Waals surface area contributed by atoms with Gasteiger partial charge in [0.05, 0.1) is 17.3 Å². The van der Waals surface area contributed by atoms with Crippen molar-refractivity contribution in [1.29, 1.82) is 0 Å². The lowest BCUT2D eigenvalue weighted by Crippen LogP contribution is -2.44. The zero-order valence-electron chi connectivity index (χ0n) is 18.0. The second-order valence-electron chi connectivity index (χ2n) is 7.81. The third-order valence-corrected chi connectivity index (χ3v) is 5.51. The second kappa shape index (κ2) is 8.75. The minimum absolute atomic E-state index is 0.0731. The smallest absolute Gasteiger partial charge is 0.273 e. The Morgan fingerprint density at radius 1 is 1.06 bits per heavy atom. The van der Waals surface area contributed by atoms with Crippen molar-refractivity contribution in [3.05, 3.63) is 71.0 Å². The Balaban J connectivity index is 1.37. The van der Waals surface area contributed by atoms with Crippen molar-refractivity contribution in [2.24, 2.45) is 0 Å². The van der Waals surface area contributed by atoms with Crippen LogP contribution in [0.15, 0.2) is 65.3 Å². The van der Waals surface area contributed by atoms with Crippen LogP contribution in [0.4, 0.5) is 23.0 Å². The minimum atomic E-state index is -0.478. The molecule has 0 spiro atoms. The summed E-state index contributed by atoms with van der Waals surface area (Å²) in [4.78, 5) is 24.2. The summed E-state index contributed by atoms with van der Waals surface area (Å²) in [5.41, 5.74) is 2.85. The topological polar surface area (TPSA) is 110 Å². The Morgan fingerprint density at radius 2 is 1.85 bits per heavy atom. The van der Waals surface area contributed by atoms with Gasteiger partial charge < -0.3 is 24.3 Å². The number of ether oxygens (including phenoxy) is 1. The number of rotatable bonds is 6. The number of nitro groups is 1. The number of fused-ring (bicyclic) bond motifs is 1. The maximum Gasteiger partial charge on any atom is 0.273 e. The fourth-order valence-corrected chi connectivity index (χ4v) is 3.68. The van der Waals surface area contributed by atoms with Crippen LogP contribution in [0.3, 0.4) is 0 Å². The summed E-state index contributed by atoms with van der Waals surface area (Å²) < 4.78 is 11.3. The average molecular weight is 446 g/mol. The van der Waals surface area contributed by atoms with Gasteiger partial charge in [-0.1, -0.05) is 6.07 Å². The number of nitro benzene ring substituents is 1. The standard InChI is InChI=1S/C23H22N6O4/c1-27-10-12-28(13-11-27)17-7-5-16(6-8-17)24-23-25-20-9-14-32-21(20)22(26-23)33-19-4-2-3-18(15-19)29(30)31/h2-9,14-15H,10-13H2,1H3,(H,24,25,26). The van der Waals surface area contributed by atoms with E-state index in [9.17, 15) is 10.1 Å². The van der Waals surface area contributed by atoms with Crippen LogP contribution in [0.25, 0.3) is 11.1 Å². The first-order chi connectivity index (χ1) is 16.0. The molecule has 1 aliphatic heterocycles. The van der Waals surface area contributed by atoms with Crippen LogP contribution in [-0.4, -0.2) is 53.0 Å². The summed E-state index contributed by atoms with van der Waals surface area (Å²) >= 11 is 0. The van der Waals surface area contributed by atoms with Gasteiger partial charge in [0.25, 0.3) is 11.6 Å². The van der Waals surface area contributed by atoms with Gasteiger partial charge in [-0.3, -0.25) is 10.1 Å². The Hall–Kier alpha value is -4.18. The Bertz CT molecular complexity index is 1280. The molecule has 33 heavy (non-hydrogen) atoms. The molecule has 2 aromatic carbocycles. The van der Waals surface area contributed by atoms with Crippen LogP contribution in [0.5, 0.6) is 11.6 Å². The lowest BCUT2D eigenvalue weighted by atomic mass is 10.2. The Morgan fingerprint density at radius 3 is 2.61 bits per heavy atom. The molecule has 168 valence electrons. The summed E-state index contributed by atoms with van der Waals surface area (Å²) in [5.74, 6) is 0.779. The fourth-order valence-electron chi connectivity index (χ4n) is 3.68. The summed E-state index contributed by atoms with van der Waals surface area (Å²) in [6.45, 7) is 4.10. The number of hydrogen-bond donors (Lipinski definition) is 1. The molecule has 0 radical (unpaired) electrons. The number of nitrogens with one attached hydrogen (secondary N) is 1. The molecule has 0 atom stereocenters. The van der Waals surface area contributed by atoms with E-state index in [-0.39, 0.29) is 17.3 Å². The molecule has 1 fully saturated rings. The van der Waals surface area contributed by atoms with E-state index in [4.69, 9.17) is 9.15 Å². The SMILES string of the molecule is CN1CCN(c2ccc(Nc3nc(Oc4cccc([N+](=O)[O-])c4)c4occc4n3)cc2)CC1. The quantitative estimate of drug-likeness (QED) is 0.340. The normalized spacial score (nSPS) is 14.4. The van der Waals surface area contributed by atoms with E-state index in [1.54, 1.807) is 18.2 Å². The first kappa shape index (κ1) is 20.7. The van der Waals surface area contributed by atoms with Crippen LogP contribution in [0, 0.1) is 10.1 Å². The molecule has 1 saturated heterocycles. The molecule has 0 bridgehead atoms. The fraction of sp³-hybridized carbons (Fsp3) is 0.217. The third kappa shape index (κ3) is 4.55. The molecular formula is C23H22N6O4. The molecule has 0 amide bonds. The lowest BCUT2D eigenvalue weighted by molar-refractivity contribution is -0.384. The highest BCUT2D eigenvalue weighted by Crippen LogP contribution is 2.31. The highest BCUT2D eigenvalue weighted by atomic mass is 16.6. The maximum absolute atomic E-state index is 11.1. The highest BCUT2D eigenvalue weighted by molar-refractivity contribution is 5.79. The van der Waals surface area contributed by atoms with Gasteiger partial charge >= 0.3 is 0 Å². The summed E-state index contributed by atoms with van der Waals surface area (Å²) in [5, 5.41) is 14.3. The van der Waals surface area contributed by atoms with E-state index >= 15 is 0 Å². The van der Waals surface area contributed by atoms with Crippen molar-refractivity contribution < 1.29 is 14.1 Å². The van der Waals surface area contributed by atoms with Crippen LogP contribution in [-0.2, 0) is 0 Å². The first-order valence-corrected chi connectivity index (χ1v) is 10.5. The molecule has 1 N–H and O–H groups in total.